The molecule has 0 amide bonds. The van der Waals surface area contributed by atoms with Crippen LogP contribution in [-0.2, 0) is 46.7 Å². The number of fused-ring (bicyclic) bond motifs is 7. The Kier molecular flexibility index (Phi) is 9.08. The maximum absolute atomic E-state index is 14.3. The van der Waals surface area contributed by atoms with Crippen LogP contribution in [0.1, 0.15) is 33.4 Å². The van der Waals surface area contributed by atoms with Crippen LogP contribution in [0.15, 0.2) is 23.8 Å². The topological polar surface area (TPSA) is 278 Å². The number of H-pyrrole nitrogens is 1. The van der Waals surface area contributed by atoms with Crippen molar-refractivity contribution in [3.05, 3.63) is 29.3 Å². The molecule has 6 heterocycles. The fourth-order valence-electron chi connectivity index (χ4n) is 7.77. The molecule has 6 N–H and O–H groups in total. The summed E-state index contributed by atoms with van der Waals surface area (Å²) < 4.78 is 74.5. The van der Waals surface area contributed by atoms with E-state index in [0.717, 1.165) is 0 Å². The van der Waals surface area contributed by atoms with Gasteiger partial charge in [0, 0.05) is 13.0 Å². The normalized spacial score (nSPS) is 37.4. The zero-order valence-corrected chi connectivity index (χ0v) is 33.8. The predicted molar refractivity (Wildman–Crippen MR) is 197 cm³/mol. The minimum absolute atomic E-state index is 0.00924. The highest BCUT2D eigenvalue weighted by molar-refractivity contribution is 8.44. The second-order valence-electron chi connectivity index (χ2n) is 15.5. The molecular formula is C29H42N10O11P2SSi. The number of phosphoric ester groups is 1. The quantitative estimate of drug-likeness (QED) is 0.110. The third kappa shape index (κ3) is 6.16. The number of rotatable bonds is 5. The molecule has 8 rings (SSSR count). The lowest BCUT2D eigenvalue weighted by Crippen LogP contribution is -2.52. The first-order chi connectivity index (χ1) is 25.3. The van der Waals surface area contributed by atoms with Gasteiger partial charge in [0.1, 0.15) is 36.3 Å². The summed E-state index contributed by atoms with van der Waals surface area (Å²) in [5.74, 6) is -1.00. The maximum atomic E-state index is 14.3. The fraction of sp³-hybridized carbons (Fsp3) is 0.655. The Morgan fingerprint density at radius 3 is 2.52 bits per heavy atom. The van der Waals surface area contributed by atoms with Crippen LogP contribution in [0.25, 0.3) is 22.3 Å². The predicted octanol–water partition coefficient (Wildman–Crippen LogP) is 2.73. The minimum Gasteiger partial charge on any atom is -0.409 e. The summed E-state index contributed by atoms with van der Waals surface area (Å²) in [6.45, 7) is 5.36. The number of nitrogens with two attached hydrogens (primary N) is 2. The van der Waals surface area contributed by atoms with Crippen molar-refractivity contribution in [1.82, 2.24) is 39.0 Å². The number of anilines is 2. The Hall–Kier alpha value is -2.79. The molecule has 2 aliphatic carbocycles. The Morgan fingerprint density at radius 2 is 1.80 bits per heavy atom. The molecule has 0 radical (unpaired) electrons. The molecule has 2 saturated carbocycles. The first kappa shape index (κ1) is 38.1. The molecule has 2 unspecified atom stereocenters. The first-order valence-electron chi connectivity index (χ1n) is 17.1. The van der Waals surface area contributed by atoms with Gasteiger partial charge in [-0.1, -0.05) is 33.0 Å². The summed E-state index contributed by atoms with van der Waals surface area (Å²) in [7, 11) is -6.23. The maximum Gasteiger partial charge on any atom is 0.472 e. The largest absolute Gasteiger partial charge is 0.472 e. The molecule has 2 saturated heterocycles. The molecule has 4 fully saturated rings. The smallest absolute Gasteiger partial charge is 0.409 e. The summed E-state index contributed by atoms with van der Waals surface area (Å²) >= 11 is 4.42. The van der Waals surface area contributed by atoms with Gasteiger partial charge in [-0.15, -0.1) is 0 Å². The summed E-state index contributed by atoms with van der Waals surface area (Å²) in [5, 5.41) is -0.256. The van der Waals surface area contributed by atoms with Crippen LogP contribution < -0.4 is 17.0 Å². The van der Waals surface area contributed by atoms with Gasteiger partial charge >= 0.3 is 14.6 Å². The second-order valence-corrected chi connectivity index (χ2v) is 24.6. The SMILES string of the molecule is CO[C@H]1[C@H]2OP(=O)(O)OC[C@@H]3[C@@H](O[P@@](=O)(S)OC[C@H]1O[C@H]2n1cnc2c(=O)[nH]c(N)nc21)C(O[Si](C)(C)C(C)(C)C)[C@@]1(n2cnc4c(N)ncnc42)C[C@@H]31. The molecule has 21 nitrogen and oxygen atoms in total. The zero-order valence-electron chi connectivity index (χ0n) is 30.1. The van der Waals surface area contributed by atoms with E-state index in [-0.39, 0.29) is 40.5 Å². The third-order valence-electron chi connectivity index (χ3n) is 11.4. The van der Waals surface area contributed by atoms with Crippen LogP contribution in [0.3, 0.4) is 0 Å². The van der Waals surface area contributed by atoms with E-state index >= 15 is 0 Å². The average Bonchev–Trinajstić information content (AvgIpc) is 3.38. The van der Waals surface area contributed by atoms with E-state index in [4.69, 9.17) is 43.5 Å². The lowest BCUT2D eigenvalue weighted by Gasteiger charge is -2.43. The van der Waals surface area contributed by atoms with E-state index in [9.17, 15) is 18.8 Å². The number of methoxy groups -OCH3 is 1. The summed E-state index contributed by atoms with van der Waals surface area (Å²) in [6, 6.07) is 0. The highest BCUT2D eigenvalue weighted by Gasteiger charge is 2.75. The van der Waals surface area contributed by atoms with Gasteiger partial charge in [-0.05, 0) is 30.5 Å². The number of thiol groups is 1. The summed E-state index contributed by atoms with van der Waals surface area (Å²) in [5.41, 5.74) is 11.3. The molecule has 0 aromatic carbocycles. The lowest BCUT2D eigenvalue weighted by atomic mass is 10.0. The van der Waals surface area contributed by atoms with Gasteiger partial charge in [-0.25, -0.2) is 29.1 Å². The summed E-state index contributed by atoms with van der Waals surface area (Å²) in [4.78, 5) is 47.7. The number of nitrogens with zero attached hydrogens (tertiary/aromatic N) is 7. The molecule has 0 spiro atoms. The van der Waals surface area contributed by atoms with Crippen LogP contribution in [-0.4, -0.2) is 103 Å². The van der Waals surface area contributed by atoms with E-state index in [2.05, 4.69) is 76.0 Å². The molecule has 4 aromatic rings. The number of nitrogens with one attached hydrogen (secondary N) is 1. The molecule has 2 aliphatic heterocycles. The van der Waals surface area contributed by atoms with Crippen molar-refractivity contribution in [2.24, 2.45) is 11.8 Å². The molecule has 294 valence electrons. The summed E-state index contributed by atoms with van der Waals surface area (Å²) in [6.07, 6.45) is -1.90. The molecule has 25 heteroatoms. The number of aromatic amines is 1. The standard InChI is InChI=1S/C29H42N10O11P2SSi/c1-28(2,3)54(5,6)50-21-18-13(14-7-29(14,21)39-12-35-16-22(30)32-10-33-23(16)39)8-45-51(41,42)48-20-19(44-4)15(9-46-52(43,53)49-18)47-26(20)38-11-34-17-24(38)36-27(31)37-25(17)40/h10-15,18-21,26H,7-9H2,1-6H3,(H,41,42)(H,43,53)(H2,30,32,33)(H3,31,36,37,40)/t13-,14-,15+,18+,19+,20+,21?,26+,29+,52-/m0/s1. The van der Waals surface area contributed by atoms with Crippen molar-refractivity contribution >= 4 is 69.3 Å². The number of nitrogen functional groups attached to an aromatic ring is 2. The number of aromatic nitrogens is 8. The lowest BCUT2D eigenvalue weighted by molar-refractivity contribution is -0.0580. The highest BCUT2D eigenvalue weighted by Crippen LogP contribution is 2.70. The Labute approximate surface area is 314 Å². The van der Waals surface area contributed by atoms with E-state index in [1.807, 2.05) is 4.57 Å². The van der Waals surface area contributed by atoms with Gasteiger partial charge in [0.2, 0.25) is 5.95 Å². The zero-order chi connectivity index (χ0) is 38.7. The number of hydrogen-bond donors (Lipinski definition) is 5. The molecular weight excluding hydrogens is 786 g/mol. The highest BCUT2D eigenvalue weighted by atomic mass is 32.7. The second kappa shape index (κ2) is 12.9. The van der Waals surface area contributed by atoms with E-state index in [1.165, 1.54) is 24.3 Å². The van der Waals surface area contributed by atoms with Crippen molar-refractivity contribution in [2.75, 3.05) is 31.8 Å². The molecule has 11 atom stereocenters. The monoisotopic (exact) mass is 828 g/mol. The van der Waals surface area contributed by atoms with Gasteiger partial charge in [-0.2, -0.15) is 4.98 Å². The van der Waals surface area contributed by atoms with Crippen LogP contribution in [0, 0.1) is 11.8 Å². The Morgan fingerprint density at radius 1 is 1.06 bits per heavy atom. The van der Waals surface area contributed by atoms with Crippen molar-refractivity contribution in [3.63, 3.8) is 0 Å². The van der Waals surface area contributed by atoms with Crippen molar-refractivity contribution < 1.29 is 46.0 Å². The van der Waals surface area contributed by atoms with Gasteiger partial charge in [0.25, 0.3) is 5.56 Å². The van der Waals surface area contributed by atoms with Crippen molar-refractivity contribution in [2.45, 2.75) is 87.6 Å². The van der Waals surface area contributed by atoms with E-state index in [0.29, 0.717) is 17.6 Å². The number of hydrogen-bond acceptors (Lipinski definition) is 17. The van der Waals surface area contributed by atoms with Crippen LogP contribution >= 0.6 is 26.9 Å². The molecule has 2 bridgehead atoms. The van der Waals surface area contributed by atoms with E-state index in [1.54, 1.807) is 6.33 Å². The first-order valence-corrected chi connectivity index (χ1v) is 24.2. The number of phosphoric acid groups is 1. The number of ether oxygens (including phenoxy) is 2. The van der Waals surface area contributed by atoms with Gasteiger partial charge in [0.05, 0.1) is 37.5 Å². The van der Waals surface area contributed by atoms with Crippen LogP contribution in [0.4, 0.5) is 11.8 Å². The van der Waals surface area contributed by atoms with Gasteiger partial charge in [0.15, 0.2) is 37.2 Å². The Balaban J connectivity index is 1.19. The minimum atomic E-state index is -4.95. The van der Waals surface area contributed by atoms with Gasteiger partial charge < -0.3 is 34.8 Å². The number of imidazole rings is 2. The van der Waals surface area contributed by atoms with Crippen LogP contribution in [0.2, 0.25) is 18.1 Å². The fourth-order valence-corrected chi connectivity index (χ4v) is 11.5. The molecule has 4 aliphatic rings. The molecule has 54 heavy (non-hydrogen) atoms. The van der Waals surface area contributed by atoms with Crippen LogP contribution in [0.5, 0.6) is 0 Å². The van der Waals surface area contributed by atoms with Gasteiger partial charge in [-0.3, -0.25) is 32.4 Å². The average molecular weight is 829 g/mol. The Bertz CT molecular complexity index is 2290. The van der Waals surface area contributed by atoms with E-state index < -0.39 is 83.3 Å². The third-order valence-corrected chi connectivity index (χ3v) is 18.5. The van der Waals surface area contributed by atoms with Crippen molar-refractivity contribution in [1.29, 1.82) is 0 Å². The molecule has 4 aromatic heterocycles. The van der Waals surface area contributed by atoms with Crippen molar-refractivity contribution in [3.8, 4) is 0 Å².